The van der Waals surface area contributed by atoms with Gasteiger partial charge in [0.15, 0.2) is 17.4 Å². The van der Waals surface area contributed by atoms with Gasteiger partial charge in [0.25, 0.3) is 0 Å². The first-order valence-electron chi connectivity index (χ1n) is 5.51. The van der Waals surface area contributed by atoms with Crippen LogP contribution in [0.5, 0.6) is 0 Å². The molecular weight excluding hydrogens is 366 g/mol. The van der Waals surface area contributed by atoms with Crippen LogP contribution < -0.4 is 21.5 Å². The van der Waals surface area contributed by atoms with Crippen molar-refractivity contribution in [1.29, 1.82) is 0 Å². The number of nitrogens with two attached hydrogens (primary N) is 3. The molecule has 0 fully saturated rings. The van der Waals surface area contributed by atoms with E-state index >= 15 is 0 Å². The molecule has 0 saturated heterocycles. The molecule has 14 nitrogen and oxygen atoms in total. The lowest BCUT2D eigenvalue weighted by Crippen LogP contribution is -2.37. The maximum atomic E-state index is 9.64. The summed E-state index contributed by atoms with van der Waals surface area (Å²) < 4.78 is 18.2. The van der Waals surface area contributed by atoms with E-state index in [0.29, 0.717) is 0 Å². The Morgan fingerprint density at radius 2 is 0.917 bits per heavy atom. The van der Waals surface area contributed by atoms with E-state index in [4.69, 9.17) is 28.7 Å². The first kappa shape index (κ1) is 34.1. The van der Waals surface area contributed by atoms with E-state index in [-0.39, 0.29) is 43.5 Å². The van der Waals surface area contributed by atoms with E-state index < -0.39 is 38.9 Å². The van der Waals surface area contributed by atoms with Gasteiger partial charge in [0.05, 0.1) is 26.2 Å². The summed E-state index contributed by atoms with van der Waals surface area (Å²) in [5, 5.41) is 30.7. The third-order valence-corrected chi connectivity index (χ3v) is 1.53. The molecule has 16 heteroatoms. The highest BCUT2D eigenvalue weighted by Gasteiger charge is 2.15. The molecule has 0 bridgehead atoms. The van der Waals surface area contributed by atoms with Crippen LogP contribution in [0.3, 0.4) is 0 Å². The molecule has 0 amide bonds. The fourth-order valence-electron chi connectivity index (χ4n) is 0.179. The zero-order valence-electron chi connectivity index (χ0n) is 12.0. The topological polar surface area (TPSA) is 280 Å². The molecule has 0 aliphatic carbocycles. The monoisotopic (exact) mass is 390 g/mol. The Bertz CT molecular complexity index is 312. The van der Waals surface area contributed by atoms with Gasteiger partial charge in [-0.2, -0.15) is 0 Å². The first-order chi connectivity index (χ1) is 10.4. The molecule has 0 heterocycles. The molecule has 142 valence electrons. The van der Waals surface area contributed by atoms with Gasteiger partial charge in [0, 0.05) is 0 Å². The number of rotatable bonds is 6. The Morgan fingerprint density at radius 1 is 0.708 bits per heavy atom. The Morgan fingerprint density at radius 3 is 0.958 bits per heavy atom. The lowest BCUT2D eigenvalue weighted by atomic mass is 10.7. The average Bonchev–Trinajstić information content (AvgIpc) is 2.46. The third kappa shape index (κ3) is 85.4. The van der Waals surface area contributed by atoms with Gasteiger partial charge in [0.2, 0.25) is 0 Å². The van der Waals surface area contributed by atoms with Crippen LogP contribution in [0.4, 0.5) is 0 Å². The zero-order valence-corrected chi connectivity index (χ0v) is 13.1. The Kier molecular flexibility index (Phi) is 37.8. The molecule has 0 spiro atoms. The summed E-state index contributed by atoms with van der Waals surface area (Å²) in [5.41, 5.74) is 13.7. The van der Waals surface area contributed by atoms with Crippen molar-refractivity contribution in [1.82, 2.24) is 4.30 Å². The molecule has 0 unspecified atom stereocenters. The highest BCUT2D eigenvalue weighted by molar-refractivity contribution is 6.38. The second-order valence-electron chi connectivity index (χ2n) is 2.94. The SMILES string of the molecule is NCC(=O)O.NCC(=O)O.NCC(=O)O.O=C(O)C[NH][Al]([OH])[OH].[AlH3]. The lowest BCUT2D eigenvalue weighted by molar-refractivity contribution is -0.136. The molecule has 0 rings (SSSR count). The second-order valence-corrected chi connectivity index (χ2v) is 4.10. The number of aliphatic carboxylic acids is 4. The van der Waals surface area contributed by atoms with Crippen molar-refractivity contribution in [3.05, 3.63) is 0 Å². The minimum Gasteiger partial charge on any atom is -0.480 e. The number of carboxylic acid groups (broad SMARTS) is 4. The quantitative estimate of drug-likeness (QED) is 0.189. The molecule has 0 atom stereocenters. The number of carbonyl (C=O) groups is 4. The minimum absolute atomic E-state index is 0. The molecule has 0 aromatic carbocycles. The van der Waals surface area contributed by atoms with E-state index in [9.17, 15) is 19.2 Å². The van der Waals surface area contributed by atoms with E-state index in [2.05, 4.69) is 17.2 Å². The van der Waals surface area contributed by atoms with E-state index in [0.717, 1.165) is 0 Å². The minimum atomic E-state index is -2.86. The van der Waals surface area contributed by atoms with Gasteiger partial charge in [-0.1, -0.05) is 0 Å². The van der Waals surface area contributed by atoms with Crippen molar-refractivity contribution >= 4 is 56.3 Å². The van der Waals surface area contributed by atoms with Gasteiger partial charge in [-0.25, -0.2) is 0 Å². The largest absolute Gasteiger partial charge is 0.795 e. The standard InChI is InChI=1S/3C2H5NO2.C2H4NO2.2Al.2H2O.3H/c4*3-1-2(4)5;;;;;;;/h3*1,3H2,(H,4,5);3H,1H2,(H,4,5);;;2*1H2;;;/q;;;-1;;+3;;;;;/p-2. The molecule has 0 aliphatic heterocycles. The summed E-state index contributed by atoms with van der Waals surface area (Å²) in [4.78, 5) is 37.4. The van der Waals surface area contributed by atoms with Gasteiger partial charge in [-0.15, -0.1) is 0 Å². The molecule has 0 aliphatic rings. The summed E-state index contributed by atoms with van der Waals surface area (Å²) in [7, 11) is 0. The number of hydrogen-bond acceptors (Lipinski definition) is 10. The van der Waals surface area contributed by atoms with Crippen molar-refractivity contribution in [2.24, 2.45) is 17.2 Å². The Hall–Kier alpha value is -1.30. The highest BCUT2D eigenvalue weighted by atomic mass is 27.2. The van der Waals surface area contributed by atoms with Crippen LogP contribution in [0.1, 0.15) is 0 Å². The highest BCUT2D eigenvalue weighted by Crippen LogP contribution is 1.59. The molecule has 0 saturated carbocycles. The van der Waals surface area contributed by atoms with Crippen molar-refractivity contribution in [2.75, 3.05) is 26.2 Å². The van der Waals surface area contributed by atoms with E-state index in [1.54, 1.807) is 0 Å². The van der Waals surface area contributed by atoms with Crippen LogP contribution in [0.15, 0.2) is 0 Å². The summed E-state index contributed by atoms with van der Waals surface area (Å²) in [6, 6.07) is 0. The molecule has 13 N–H and O–H groups in total. The number of hydrogen-bond donors (Lipinski definition) is 10. The van der Waals surface area contributed by atoms with Crippen molar-refractivity contribution in [3.63, 3.8) is 0 Å². The van der Waals surface area contributed by atoms with Crippen LogP contribution in [0.2, 0.25) is 0 Å². The van der Waals surface area contributed by atoms with Gasteiger partial charge in [-0.3, -0.25) is 19.2 Å². The summed E-state index contributed by atoms with van der Waals surface area (Å²) >= 11 is -2.86. The molecule has 0 aromatic rings. The molecular formula is C8H24Al2N4O10. The Balaban J connectivity index is -0.0000000677. The van der Waals surface area contributed by atoms with Gasteiger partial charge in [0.1, 0.15) is 0 Å². The van der Waals surface area contributed by atoms with Crippen molar-refractivity contribution in [3.8, 4) is 0 Å². The molecule has 0 aromatic heterocycles. The summed E-state index contributed by atoms with van der Waals surface area (Å²) in [6.07, 6.45) is 0. The average molecular weight is 390 g/mol. The second kappa shape index (κ2) is 26.6. The van der Waals surface area contributed by atoms with Crippen LogP contribution in [0, 0.1) is 0 Å². The fraction of sp³-hybridized carbons (Fsp3) is 0.500. The zero-order chi connectivity index (χ0) is 19.4. The van der Waals surface area contributed by atoms with Crippen LogP contribution in [0.25, 0.3) is 0 Å². The maximum Gasteiger partial charge on any atom is 0.795 e. The van der Waals surface area contributed by atoms with Gasteiger partial charge < -0.3 is 50.2 Å². The van der Waals surface area contributed by atoms with Crippen molar-refractivity contribution < 1.29 is 47.9 Å². The molecule has 0 radical (unpaired) electrons. The predicted molar refractivity (Wildman–Crippen MR) is 85.8 cm³/mol. The summed E-state index contributed by atoms with van der Waals surface area (Å²) in [6.45, 7) is -1.22. The first-order valence-corrected chi connectivity index (χ1v) is 7.12. The smallest absolute Gasteiger partial charge is 0.480 e. The van der Waals surface area contributed by atoms with Crippen molar-refractivity contribution in [2.45, 2.75) is 0 Å². The van der Waals surface area contributed by atoms with Crippen LogP contribution in [-0.4, -0.2) is 111 Å². The summed E-state index contributed by atoms with van der Waals surface area (Å²) in [5.74, 6) is -3.99. The fourth-order valence-corrected chi connectivity index (χ4v) is 0.536. The van der Waals surface area contributed by atoms with Gasteiger partial charge >= 0.3 is 38.9 Å². The normalized spacial score (nSPS) is 7.54. The Labute approximate surface area is 152 Å². The molecule has 24 heavy (non-hydrogen) atoms. The van der Waals surface area contributed by atoms with Crippen LogP contribution in [-0.2, 0) is 19.2 Å². The van der Waals surface area contributed by atoms with E-state index in [1.807, 2.05) is 4.30 Å². The van der Waals surface area contributed by atoms with Crippen LogP contribution >= 0.6 is 0 Å². The lowest BCUT2D eigenvalue weighted by Gasteiger charge is -1.92. The maximum absolute atomic E-state index is 9.64. The predicted octanol–water partition coefficient (Wildman–Crippen LogP) is -6.46. The number of nitrogens with one attached hydrogen (secondary N) is 1. The van der Waals surface area contributed by atoms with Gasteiger partial charge in [-0.05, 0) is 0 Å². The third-order valence-electron chi connectivity index (χ3n) is 0.960. The number of carboxylic acids is 4. The van der Waals surface area contributed by atoms with E-state index in [1.165, 1.54) is 0 Å².